The van der Waals surface area contributed by atoms with Gasteiger partial charge in [-0.15, -0.1) is 0 Å². The van der Waals surface area contributed by atoms with Crippen molar-refractivity contribution in [3.05, 3.63) is 59.7 Å². The number of carbonyl (C=O) groups excluding carboxylic acids is 1. The molecule has 1 saturated heterocycles. The molecule has 2 aromatic rings. The van der Waals surface area contributed by atoms with Gasteiger partial charge < -0.3 is 15.5 Å². The van der Waals surface area contributed by atoms with Crippen molar-refractivity contribution in [2.45, 2.75) is 13.1 Å². The molecule has 0 spiro atoms. The van der Waals surface area contributed by atoms with E-state index in [1.807, 2.05) is 12.1 Å². The first-order valence-corrected chi connectivity index (χ1v) is 9.58. The molecule has 0 aromatic heterocycles. The van der Waals surface area contributed by atoms with Gasteiger partial charge in [0.25, 0.3) is 0 Å². The monoisotopic (exact) mass is 366 g/mol. The van der Waals surface area contributed by atoms with Gasteiger partial charge >= 0.3 is 0 Å². The maximum Gasteiger partial charge on any atom is 0.236 e. The summed E-state index contributed by atoms with van der Waals surface area (Å²) in [5, 5.41) is 0. The molecule has 5 nitrogen and oxygen atoms in total. The van der Waals surface area contributed by atoms with Gasteiger partial charge in [0.05, 0.1) is 6.54 Å². The van der Waals surface area contributed by atoms with Crippen molar-refractivity contribution in [2.24, 2.45) is 5.73 Å². The highest BCUT2D eigenvalue weighted by Gasteiger charge is 2.14. The highest BCUT2D eigenvalue weighted by molar-refractivity contribution is 5.77. The molecule has 1 aliphatic heterocycles. The lowest BCUT2D eigenvalue weighted by atomic mass is 10.0. The van der Waals surface area contributed by atoms with Crippen LogP contribution in [-0.4, -0.2) is 67.4 Å². The van der Waals surface area contributed by atoms with E-state index in [1.54, 1.807) is 11.9 Å². The van der Waals surface area contributed by atoms with E-state index in [0.717, 1.165) is 38.3 Å². The van der Waals surface area contributed by atoms with Gasteiger partial charge in [0.1, 0.15) is 0 Å². The number of likely N-dealkylation sites (N-methyl/N-ethyl adjacent to an activating group) is 2. The van der Waals surface area contributed by atoms with E-state index in [9.17, 15) is 4.79 Å². The number of piperazine rings is 1. The Hall–Kier alpha value is -2.21. The molecule has 5 heteroatoms. The van der Waals surface area contributed by atoms with Crippen LogP contribution in [0.3, 0.4) is 0 Å². The van der Waals surface area contributed by atoms with E-state index in [4.69, 9.17) is 5.73 Å². The lowest BCUT2D eigenvalue weighted by molar-refractivity contribution is -0.128. The van der Waals surface area contributed by atoms with E-state index >= 15 is 0 Å². The molecule has 1 aliphatic rings. The molecule has 2 N–H and O–H groups in total. The lowest BCUT2D eigenvalue weighted by Gasteiger charge is -2.32. The molecule has 0 radical (unpaired) electrons. The Morgan fingerprint density at radius 1 is 1.00 bits per heavy atom. The van der Waals surface area contributed by atoms with Gasteiger partial charge in [-0.25, -0.2) is 0 Å². The summed E-state index contributed by atoms with van der Waals surface area (Å²) in [6.07, 6.45) is 0. The number of carbonyl (C=O) groups is 1. The summed E-state index contributed by atoms with van der Waals surface area (Å²) in [7, 11) is 3.97. The summed E-state index contributed by atoms with van der Waals surface area (Å²) < 4.78 is 0. The van der Waals surface area contributed by atoms with Crippen LogP contribution in [0.1, 0.15) is 11.1 Å². The third kappa shape index (κ3) is 5.39. The van der Waals surface area contributed by atoms with Gasteiger partial charge in [0.2, 0.25) is 5.91 Å². The van der Waals surface area contributed by atoms with Crippen LogP contribution in [0.5, 0.6) is 0 Å². The number of rotatable bonds is 6. The van der Waals surface area contributed by atoms with Crippen LogP contribution in [0.2, 0.25) is 0 Å². The first kappa shape index (κ1) is 19.5. The second-order valence-electron chi connectivity index (χ2n) is 7.43. The lowest BCUT2D eigenvalue weighted by Crippen LogP contribution is -2.43. The van der Waals surface area contributed by atoms with Crippen molar-refractivity contribution in [1.82, 2.24) is 14.7 Å². The zero-order chi connectivity index (χ0) is 19.2. The molecule has 1 amide bonds. The smallest absolute Gasteiger partial charge is 0.236 e. The summed E-state index contributed by atoms with van der Waals surface area (Å²) in [6, 6.07) is 17.2. The average Bonchev–Trinajstić information content (AvgIpc) is 2.70. The highest BCUT2D eigenvalue weighted by atomic mass is 16.2. The Bertz CT molecular complexity index is 751. The standard InChI is InChI=1S/C22H30N4O/c1-24-10-12-26(13-11-24)17-18-6-8-20(9-7-18)21-5-3-4-19(14-21)16-25(2)22(27)15-23/h3-9,14H,10-13,15-17,23H2,1-2H3. The summed E-state index contributed by atoms with van der Waals surface area (Å²) in [5.41, 5.74) is 10.3. The average molecular weight is 367 g/mol. The van der Waals surface area contributed by atoms with Crippen molar-refractivity contribution in [2.75, 3.05) is 46.8 Å². The molecule has 2 aromatic carbocycles. The minimum Gasteiger partial charge on any atom is -0.340 e. The highest BCUT2D eigenvalue weighted by Crippen LogP contribution is 2.22. The molecular weight excluding hydrogens is 336 g/mol. The van der Waals surface area contributed by atoms with Crippen LogP contribution in [0.15, 0.2) is 48.5 Å². The van der Waals surface area contributed by atoms with Crippen LogP contribution in [-0.2, 0) is 17.9 Å². The number of hydrogen-bond acceptors (Lipinski definition) is 4. The Kier molecular flexibility index (Phi) is 6.61. The van der Waals surface area contributed by atoms with Gasteiger partial charge in [-0.1, -0.05) is 42.5 Å². The van der Waals surface area contributed by atoms with Crippen molar-refractivity contribution >= 4 is 5.91 Å². The molecule has 0 saturated carbocycles. The fourth-order valence-electron chi connectivity index (χ4n) is 3.43. The van der Waals surface area contributed by atoms with E-state index < -0.39 is 0 Å². The van der Waals surface area contributed by atoms with E-state index in [1.165, 1.54) is 16.7 Å². The largest absolute Gasteiger partial charge is 0.340 e. The third-order valence-corrected chi connectivity index (χ3v) is 5.24. The first-order chi connectivity index (χ1) is 13.0. The number of hydrogen-bond donors (Lipinski definition) is 1. The topological polar surface area (TPSA) is 52.8 Å². The fourth-order valence-corrected chi connectivity index (χ4v) is 3.43. The molecule has 0 unspecified atom stereocenters. The molecule has 0 aliphatic carbocycles. The second-order valence-corrected chi connectivity index (χ2v) is 7.43. The van der Waals surface area contributed by atoms with Crippen LogP contribution >= 0.6 is 0 Å². The number of amides is 1. The summed E-state index contributed by atoms with van der Waals surface area (Å²) in [6.45, 7) is 6.19. The molecule has 1 fully saturated rings. The van der Waals surface area contributed by atoms with Crippen molar-refractivity contribution < 1.29 is 4.79 Å². The zero-order valence-electron chi connectivity index (χ0n) is 16.4. The van der Waals surface area contributed by atoms with E-state index in [-0.39, 0.29) is 12.5 Å². The van der Waals surface area contributed by atoms with Gasteiger partial charge in [-0.3, -0.25) is 9.69 Å². The second kappa shape index (κ2) is 9.13. The van der Waals surface area contributed by atoms with Gasteiger partial charge in [-0.05, 0) is 35.4 Å². The van der Waals surface area contributed by atoms with Gasteiger partial charge in [0.15, 0.2) is 0 Å². The Morgan fingerprint density at radius 3 is 2.37 bits per heavy atom. The van der Waals surface area contributed by atoms with Crippen molar-refractivity contribution in [3.63, 3.8) is 0 Å². The minimum absolute atomic E-state index is 0.0466. The fraction of sp³-hybridized carbons (Fsp3) is 0.409. The Morgan fingerprint density at radius 2 is 1.70 bits per heavy atom. The van der Waals surface area contributed by atoms with Crippen LogP contribution in [0, 0.1) is 0 Å². The molecule has 3 rings (SSSR count). The normalized spacial score (nSPS) is 15.7. The maximum absolute atomic E-state index is 11.7. The number of nitrogens with two attached hydrogens (primary N) is 1. The molecule has 144 valence electrons. The Labute approximate surface area is 162 Å². The minimum atomic E-state index is -0.0475. The van der Waals surface area contributed by atoms with E-state index in [2.05, 4.69) is 53.2 Å². The quantitative estimate of drug-likeness (QED) is 0.850. The summed E-state index contributed by atoms with van der Waals surface area (Å²) >= 11 is 0. The molecule has 0 bridgehead atoms. The number of nitrogens with zero attached hydrogens (tertiary/aromatic N) is 3. The first-order valence-electron chi connectivity index (χ1n) is 9.58. The molecule has 1 heterocycles. The molecule has 27 heavy (non-hydrogen) atoms. The third-order valence-electron chi connectivity index (χ3n) is 5.24. The SMILES string of the molecule is CN1CCN(Cc2ccc(-c3cccc(CN(C)C(=O)CN)c3)cc2)CC1. The molecule has 0 atom stereocenters. The van der Waals surface area contributed by atoms with Gasteiger partial charge in [-0.2, -0.15) is 0 Å². The predicted molar refractivity (Wildman–Crippen MR) is 110 cm³/mol. The van der Waals surface area contributed by atoms with E-state index in [0.29, 0.717) is 6.54 Å². The summed E-state index contributed by atoms with van der Waals surface area (Å²) in [5.74, 6) is -0.0475. The van der Waals surface area contributed by atoms with Crippen molar-refractivity contribution in [3.8, 4) is 11.1 Å². The maximum atomic E-state index is 11.7. The van der Waals surface area contributed by atoms with Crippen molar-refractivity contribution in [1.29, 1.82) is 0 Å². The van der Waals surface area contributed by atoms with Crippen LogP contribution < -0.4 is 5.73 Å². The zero-order valence-corrected chi connectivity index (χ0v) is 16.4. The molecular formula is C22H30N4O. The van der Waals surface area contributed by atoms with Crippen LogP contribution in [0.4, 0.5) is 0 Å². The van der Waals surface area contributed by atoms with Gasteiger partial charge in [0, 0.05) is 46.3 Å². The predicted octanol–water partition coefficient (Wildman–Crippen LogP) is 2.02. The van der Waals surface area contributed by atoms with Crippen LogP contribution in [0.25, 0.3) is 11.1 Å². The number of benzene rings is 2. The Balaban J connectivity index is 1.64. The summed E-state index contributed by atoms with van der Waals surface area (Å²) in [4.78, 5) is 18.2.